The average Bonchev–Trinajstić information content (AvgIpc) is 3.15. The molecule has 1 aromatic rings. The van der Waals surface area contributed by atoms with Crippen molar-refractivity contribution in [3.8, 4) is 6.07 Å². The number of pyridine rings is 1. The first kappa shape index (κ1) is 29.4. The molecular formula is C26H32N4O6S2. The molecule has 0 spiro atoms. The van der Waals surface area contributed by atoms with Gasteiger partial charge in [-0.25, -0.2) is 0 Å². The molecule has 2 fully saturated rings. The number of carboxylic acid groups (broad SMARTS) is 1. The quantitative estimate of drug-likeness (QED) is 0.258. The second-order valence-corrected chi connectivity index (χ2v) is 10.8. The summed E-state index contributed by atoms with van der Waals surface area (Å²) in [6, 6.07) is 2.04. The predicted molar refractivity (Wildman–Crippen MR) is 149 cm³/mol. The van der Waals surface area contributed by atoms with E-state index in [-0.39, 0.29) is 40.3 Å². The van der Waals surface area contributed by atoms with Crippen LogP contribution in [0.1, 0.15) is 62.6 Å². The van der Waals surface area contributed by atoms with E-state index in [9.17, 15) is 24.4 Å². The molecule has 0 bridgehead atoms. The second-order valence-electron chi connectivity index (χ2n) is 9.15. The lowest BCUT2D eigenvalue weighted by Crippen LogP contribution is -2.41. The van der Waals surface area contributed by atoms with Gasteiger partial charge in [-0.15, -0.1) is 0 Å². The Bertz CT molecular complexity index is 1260. The van der Waals surface area contributed by atoms with Gasteiger partial charge in [-0.1, -0.05) is 37.3 Å². The number of esters is 1. The van der Waals surface area contributed by atoms with E-state index in [1.54, 1.807) is 24.5 Å². The number of unbranched alkanes of at least 4 members (excludes halogenated alkanes) is 1. The van der Waals surface area contributed by atoms with Crippen LogP contribution in [-0.4, -0.2) is 63.0 Å². The Morgan fingerprint density at radius 2 is 1.92 bits per heavy atom. The third-order valence-corrected chi connectivity index (χ3v) is 8.07. The highest BCUT2D eigenvalue weighted by Crippen LogP contribution is 2.37. The molecule has 204 valence electrons. The molecule has 1 N–H and O–H groups in total. The number of piperidine rings is 1. The van der Waals surface area contributed by atoms with E-state index in [0.29, 0.717) is 60.9 Å². The third kappa shape index (κ3) is 6.27. The number of carbonyl (C=O) groups is 3. The Morgan fingerprint density at radius 1 is 1.24 bits per heavy atom. The van der Waals surface area contributed by atoms with Crippen molar-refractivity contribution in [2.24, 2.45) is 5.92 Å². The minimum Gasteiger partial charge on any atom is -0.481 e. The molecule has 2 aliphatic rings. The third-order valence-electron chi connectivity index (χ3n) is 6.69. The van der Waals surface area contributed by atoms with Crippen LogP contribution >= 0.6 is 24.0 Å². The zero-order valence-corrected chi connectivity index (χ0v) is 23.5. The van der Waals surface area contributed by atoms with Crippen LogP contribution in [0, 0.1) is 24.2 Å². The number of nitrogens with zero attached hydrogens (tertiary/aromatic N) is 4. The van der Waals surface area contributed by atoms with Crippen LogP contribution in [0.5, 0.6) is 0 Å². The minimum absolute atomic E-state index is 0.0128. The van der Waals surface area contributed by atoms with Gasteiger partial charge in [0.2, 0.25) is 0 Å². The summed E-state index contributed by atoms with van der Waals surface area (Å²) in [6.07, 6.45) is 4.08. The van der Waals surface area contributed by atoms with Crippen LogP contribution in [0.25, 0.3) is 6.08 Å². The van der Waals surface area contributed by atoms with E-state index in [1.165, 1.54) is 4.90 Å². The number of hydrogen-bond donors (Lipinski definition) is 1. The summed E-state index contributed by atoms with van der Waals surface area (Å²) in [6.45, 7) is 7.16. The Hall–Kier alpha value is -3.17. The van der Waals surface area contributed by atoms with Crippen molar-refractivity contribution in [1.29, 1.82) is 5.26 Å². The van der Waals surface area contributed by atoms with E-state index in [0.717, 1.165) is 24.6 Å². The summed E-state index contributed by atoms with van der Waals surface area (Å²) in [5.41, 5.74) is 0.667. The Kier molecular flexibility index (Phi) is 10.1. The van der Waals surface area contributed by atoms with Crippen molar-refractivity contribution in [2.75, 3.05) is 31.1 Å². The molecule has 3 heterocycles. The van der Waals surface area contributed by atoms with Crippen molar-refractivity contribution < 1.29 is 24.2 Å². The van der Waals surface area contributed by atoms with Gasteiger partial charge in [0.1, 0.15) is 21.8 Å². The lowest BCUT2D eigenvalue weighted by molar-refractivity contribution is -0.148. The molecule has 1 aromatic heterocycles. The number of ether oxygens (including phenoxy) is 1. The Morgan fingerprint density at radius 3 is 2.50 bits per heavy atom. The van der Waals surface area contributed by atoms with E-state index < -0.39 is 11.9 Å². The van der Waals surface area contributed by atoms with Crippen LogP contribution in [0.4, 0.5) is 5.82 Å². The first-order valence-electron chi connectivity index (χ1n) is 12.7. The number of hydrogen-bond acceptors (Lipinski definition) is 9. The molecular weight excluding hydrogens is 528 g/mol. The molecule has 0 unspecified atom stereocenters. The van der Waals surface area contributed by atoms with Crippen molar-refractivity contribution >= 4 is 58.0 Å². The number of rotatable bonds is 10. The number of carboxylic acids is 1. The molecule has 0 saturated carbocycles. The van der Waals surface area contributed by atoms with Crippen molar-refractivity contribution in [1.82, 2.24) is 9.47 Å². The summed E-state index contributed by atoms with van der Waals surface area (Å²) in [5, 5.41) is 18.9. The van der Waals surface area contributed by atoms with E-state index >= 15 is 0 Å². The van der Waals surface area contributed by atoms with Crippen molar-refractivity contribution in [2.45, 2.75) is 59.4 Å². The fraction of sp³-hybridized carbons (Fsp3) is 0.538. The molecule has 0 atom stereocenters. The van der Waals surface area contributed by atoms with E-state index in [2.05, 4.69) is 0 Å². The van der Waals surface area contributed by atoms with Gasteiger partial charge in [0, 0.05) is 31.7 Å². The number of nitriles is 1. The topological polar surface area (TPSA) is 133 Å². The van der Waals surface area contributed by atoms with Gasteiger partial charge < -0.3 is 14.7 Å². The number of thioether (sulfide) groups is 1. The minimum atomic E-state index is -1.03. The smallest absolute Gasteiger partial charge is 0.309 e. The van der Waals surface area contributed by atoms with Gasteiger partial charge >= 0.3 is 11.9 Å². The summed E-state index contributed by atoms with van der Waals surface area (Å²) in [4.78, 5) is 53.5. The van der Waals surface area contributed by atoms with Crippen LogP contribution in [0.15, 0.2) is 9.70 Å². The molecule has 2 aliphatic heterocycles. The molecule has 3 rings (SSSR count). The van der Waals surface area contributed by atoms with Gasteiger partial charge in [-0.2, -0.15) is 5.26 Å². The highest BCUT2D eigenvalue weighted by atomic mass is 32.2. The first-order valence-corrected chi connectivity index (χ1v) is 13.9. The highest BCUT2D eigenvalue weighted by molar-refractivity contribution is 8.26. The summed E-state index contributed by atoms with van der Waals surface area (Å²) < 4.78 is 7.06. The average molecular weight is 561 g/mol. The van der Waals surface area contributed by atoms with Gasteiger partial charge in [-0.3, -0.25) is 28.6 Å². The number of thiocarbonyl (C=S) groups is 1. The standard InChI is InChI=1S/C26H32N4O6S2/c1-4-6-10-29-22(28-11-7-17(8-12-28)25(35)36-5-2)18(16(3)19(15-27)23(29)33)14-20-24(34)30(26(37)38-20)13-9-21(31)32/h14,17H,4-13H2,1-3H3,(H,31,32)/b20-14+. The largest absolute Gasteiger partial charge is 0.481 e. The number of aliphatic carboxylic acids is 1. The van der Waals surface area contributed by atoms with Gasteiger partial charge in [-0.05, 0) is 44.7 Å². The summed E-state index contributed by atoms with van der Waals surface area (Å²) in [5.74, 6) is -1.28. The monoisotopic (exact) mass is 560 g/mol. The number of carbonyl (C=O) groups excluding carboxylic acids is 2. The Balaban J connectivity index is 2.10. The number of amides is 1. The van der Waals surface area contributed by atoms with E-state index in [1.807, 2.05) is 17.9 Å². The van der Waals surface area contributed by atoms with Crippen LogP contribution in [0.2, 0.25) is 0 Å². The number of aromatic nitrogens is 1. The predicted octanol–water partition coefficient (Wildman–Crippen LogP) is 3.28. The fourth-order valence-corrected chi connectivity index (χ4v) is 5.92. The lowest BCUT2D eigenvalue weighted by atomic mass is 9.95. The maximum atomic E-state index is 13.4. The highest BCUT2D eigenvalue weighted by Gasteiger charge is 2.34. The first-order chi connectivity index (χ1) is 18.1. The lowest BCUT2D eigenvalue weighted by Gasteiger charge is -2.35. The van der Waals surface area contributed by atoms with Crippen LogP contribution in [-0.2, 0) is 25.7 Å². The van der Waals surface area contributed by atoms with Gasteiger partial charge in [0.25, 0.3) is 11.5 Å². The summed E-state index contributed by atoms with van der Waals surface area (Å²) in [7, 11) is 0. The molecule has 1 amide bonds. The maximum Gasteiger partial charge on any atom is 0.309 e. The van der Waals surface area contributed by atoms with Crippen molar-refractivity contribution in [3.05, 3.63) is 31.9 Å². The normalized spacial score (nSPS) is 17.3. The zero-order chi connectivity index (χ0) is 28.0. The second kappa shape index (κ2) is 13.1. The van der Waals surface area contributed by atoms with Crippen LogP contribution in [0.3, 0.4) is 0 Å². The molecule has 0 radical (unpaired) electrons. The Labute approximate surface area is 231 Å². The van der Waals surface area contributed by atoms with Crippen molar-refractivity contribution in [3.63, 3.8) is 0 Å². The fourth-order valence-electron chi connectivity index (χ4n) is 4.63. The SMILES string of the molecule is CCCCn1c(N2CCC(C(=O)OCC)CC2)c(/C=C2/SC(=S)N(CCC(=O)O)C2=O)c(C)c(C#N)c1=O. The summed E-state index contributed by atoms with van der Waals surface area (Å²) >= 11 is 6.41. The molecule has 0 aromatic carbocycles. The van der Waals surface area contributed by atoms with Gasteiger partial charge in [0.05, 0.1) is 23.9 Å². The van der Waals surface area contributed by atoms with Crippen LogP contribution < -0.4 is 10.5 Å². The molecule has 0 aliphatic carbocycles. The molecule has 10 nitrogen and oxygen atoms in total. The number of anilines is 1. The maximum absolute atomic E-state index is 13.4. The zero-order valence-electron chi connectivity index (χ0n) is 21.8. The molecule has 38 heavy (non-hydrogen) atoms. The molecule has 2 saturated heterocycles. The van der Waals surface area contributed by atoms with Gasteiger partial charge in [0.15, 0.2) is 0 Å². The van der Waals surface area contributed by atoms with E-state index in [4.69, 9.17) is 22.1 Å². The molecule has 12 heteroatoms.